The molecule has 0 aromatic carbocycles. The quantitative estimate of drug-likeness (QED) is 0.109. The zero-order valence-electron chi connectivity index (χ0n) is 43.0. The molecule has 12 heteroatoms. The van der Waals surface area contributed by atoms with Crippen LogP contribution in [0.4, 0.5) is 0 Å². The van der Waals surface area contributed by atoms with Gasteiger partial charge in [0.25, 0.3) is 0 Å². The summed E-state index contributed by atoms with van der Waals surface area (Å²) in [6.07, 6.45) is 2.57. The number of rotatable bonds is 20. The number of hydrogen-bond donors (Lipinski definition) is 0. The molecule has 0 unspecified atom stereocenters. The molecule has 2 radical (unpaired) electrons. The molecule has 0 aliphatic rings. The zero-order chi connectivity index (χ0) is 48.0. The molecule has 0 saturated carbocycles. The average molecular weight is 1040 g/mol. The van der Waals surface area contributed by atoms with Crippen LogP contribution in [0.2, 0.25) is 0 Å². The maximum atomic E-state index is 11.0. The third-order valence-electron chi connectivity index (χ3n) is 12.9. The zero-order valence-corrected chi connectivity index (χ0v) is 46.3. The predicted molar refractivity (Wildman–Crippen MR) is 234 cm³/mol. The first-order chi connectivity index (χ1) is 26.4. The van der Waals surface area contributed by atoms with Crippen LogP contribution in [-0.2, 0) is 67.6 Å². The summed E-state index contributed by atoms with van der Waals surface area (Å²) in [4.78, 5) is 44.1. The molecule has 0 amide bonds. The van der Waals surface area contributed by atoms with E-state index in [1.54, 1.807) is 0 Å². The molecule has 0 heterocycles. The topological polar surface area (TPSA) is 179 Å². The van der Waals surface area contributed by atoms with Crippen LogP contribution >= 0.6 is 0 Å². The van der Waals surface area contributed by atoms with E-state index in [1.165, 1.54) is 0 Å². The summed E-state index contributed by atoms with van der Waals surface area (Å²) in [7, 11) is 0. The van der Waals surface area contributed by atoms with Crippen molar-refractivity contribution in [1.29, 1.82) is 0 Å². The third-order valence-corrected chi connectivity index (χ3v) is 12.9. The molecule has 0 rings (SSSR count). The van der Waals surface area contributed by atoms with Crippen molar-refractivity contribution in [1.82, 2.24) is 0 Å². The van der Waals surface area contributed by atoms with Gasteiger partial charge in [-0.15, -0.1) is 0 Å². The standard InChI is InChI=1S/4C10H20O2.2C4H10O.2Rh/c4*1-6-10(7(2)3,8(4)5)9(11)12;2*1-3-5-4-2;;/h4*7-8H,6H2,1-5H3,(H,11,12);2*3-4H2,1-2H3;;/q;;;;;;2*+2/p-4. The van der Waals surface area contributed by atoms with Gasteiger partial charge in [0.05, 0.1) is 0 Å². The summed E-state index contributed by atoms with van der Waals surface area (Å²) < 4.78 is 9.67. The molecule has 0 aliphatic heterocycles. The SMILES string of the molecule is CCC(C(=O)[O-])(C(C)C)C(C)C.CCC(C(=O)[O-])(C(C)C)C(C)C.CCC(C(=O)[O-])(C(C)C)C(C)C.CCC(C(=O)[O-])(C(C)C)C(C)C.CCOCC.CCOCC.[Rh+2].[Rh+2]. The van der Waals surface area contributed by atoms with Gasteiger partial charge in [-0.25, -0.2) is 0 Å². The summed E-state index contributed by atoms with van der Waals surface area (Å²) in [5.74, 6) is -2.57. The van der Waals surface area contributed by atoms with Crippen LogP contribution in [0.25, 0.3) is 0 Å². The van der Waals surface area contributed by atoms with Gasteiger partial charge in [0.15, 0.2) is 0 Å². The monoisotopic (exact) mass is 1040 g/mol. The Balaban J connectivity index is -0.0000000921. The van der Waals surface area contributed by atoms with Gasteiger partial charge in [-0.2, -0.15) is 0 Å². The first kappa shape index (κ1) is 76.4. The Morgan fingerprint density at radius 3 is 0.417 bits per heavy atom. The number of carboxylic acids is 4. The Bertz CT molecular complexity index is 860. The molecule has 0 atom stereocenters. The molecule has 0 N–H and O–H groups in total. The molecule has 0 spiro atoms. The molecule has 60 heavy (non-hydrogen) atoms. The number of carboxylic acid groups (broad SMARTS) is 4. The van der Waals surface area contributed by atoms with Gasteiger partial charge < -0.3 is 49.1 Å². The van der Waals surface area contributed by atoms with Crippen molar-refractivity contribution in [3.8, 4) is 0 Å². The Kier molecular flexibility index (Phi) is 50.4. The van der Waals surface area contributed by atoms with Crippen molar-refractivity contribution >= 4 is 23.9 Å². The van der Waals surface area contributed by atoms with Gasteiger partial charge >= 0.3 is 39.0 Å². The van der Waals surface area contributed by atoms with Crippen LogP contribution in [0.15, 0.2) is 0 Å². The normalized spacial score (nSPS) is 11.5. The Hall–Kier alpha value is -0.953. The number of carbonyl (C=O) groups is 4. The van der Waals surface area contributed by atoms with Crippen molar-refractivity contribution in [3.05, 3.63) is 0 Å². The van der Waals surface area contributed by atoms with E-state index in [0.29, 0.717) is 25.7 Å². The number of ether oxygens (including phenoxy) is 2. The average Bonchev–Trinajstić information content (AvgIpc) is 3.07. The maximum Gasteiger partial charge on any atom is 2.00 e. The minimum atomic E-state index is -0.907. The Morgan fingerprint density at radius 1 is 0.317 bits per heavy atom. The van der Waals surface area contributed by atoms with Gasteiger partial charge in [-0.3, -0.25) is 0 Å². The van der Waals surface area contributed by atoms with E-state index in [4.69, 9.17) is 9.47 Å². The first-order valence-corrected chi connectivity index (χ1v) is 22.4. The number of aliphatic carboxylic acids is 4. The molecular weight excluding hydrogens is 942 g/mol. The summed E-state index contributed by atoms with van der Waals surface area (Å²) in [6.45, 7) is 50.1. The fourth-order valence-corrected chi connectivity index (χ4v) is 8.80. The van der Waals surface area contributed by atoms with Gasteiger partial charge in [-0.05, 0) is 101 Å². The van der Waals surface area contributed by atoms with E-state index < -0.39 is 45.5 Å². The van der Waals surface area contributed by atoms with E-state index in [2.05, 4.69) is 0 Å². The van der Waals surface area contributed by atoms with E-state index in [-0.39, 0.29) is 86.3 Å². The summed E-state index contributed by atoms with van der Waals surface area (Å²) in [5, 5.41) is 44.1. The Labute approximate surface area is 397 Å². The fraction of sp³-hybridized carbons (Fsp3) is 0.917. The molecule has 0 aliphatic carbocycles. The second kappa shape index (κ2) is 39.6. The van der Waals surface area contributed by atoms with Crippen LogP contribution in [0.5, 0.6) is 0 Å². The van der Waals surface area contributed by atoms with Crippen molar-refractivity contribution < 1.29 is 88.0 Å². The predicted octanol–water partition coefficient (Wildman–Crippen LogP) is 7.86. The van der Waals surface area contributed by atoms with Gasteiger partial charge in [0, 0.05) is 72.0 Å². The fourth-order valence-electron chi connectivity index (χ4n) is 8.80. The molecule has 10 nitrogen and oxygen atoms in total. The second-order valence-corrected chi connectivity index (χ2v) is 17.5. The van der Waals surface area contributed by atoms with E-state index >= 15 is 0 Å². The number of hydrogen-bond acceptors (Lipinski definition) is 10. The van der Waals surface area contributed by atoms with Crippen molar-refractivity contribution in [2.45, 2.75) is 192 Å². The maximum absolute atomic E-state index is 11.0. The first-order valence-electron chi connectivity index (χ1n) is 22.4. The minimum Gasteiger partial charge on any atom is -0.550 e. The largest absolute Gasteiger partial charge is 2.00 e. The van der Waals surface area contributed by atoms with Gasteiger partial charge in [0.2, 0.25) is 0 Å². The smallest absolute Gasteiger partial charge is 0.550 e. The summed E-state index contributed by atoms with van der Waals surface area (Å²) >= 11 is 0. The second-order valence-electron chi connectivity index (χ2n) is 17.5. The molecule has 0 bridgehead atoms. The van der Waals surface area contributed by atoms with Crippen LogP contribution in [-0.4, -0.2) is 50.3 Å². The molecule has 366 valence electrons. The van der Waals surface area contributed by atoms with Gasteiger partial charge in [0.1, 0.15) is 0 Å². The van der Waals surface area contributed by atoms with Gasteiger partial charge in [-0.1, -0.05) is 138 Å². The summed E-state index contributed by atoms with van der Waals surface area (Å²) in [5.41, 5.74) is -2.61. The van der Waals surface area contributed by atoms with Crippen molar-refractivity contribution in [2.75, 3.05) is 26.4 Å². The molecule has 0 aromatic heterocycles. The van der Waals surface area contributed by atoms with E-state index in [9.17, 15) is 39.6 Å². The molecule has 0 aromatic rings. The van der Waals surface area contributed by atoms with Crippen LogP contribution in [0.1, 0.15) is 192 Å². The van der Waals surface area contributed by atoms with Crippen LogP contribution in [0.3, 0.4) is 0 Å². The van der Waals surface area contributed by atoms with E-state index in [0.717, 1.165) is 26.4 Å². The molecule has 0 saturated heterocycles. The minimum absolute atomic E-state index is 0. The number of carbonyl (C=O) groups excluding carboxylic acids is 4. The molecular formula is C48H96O10Rh2. The third kappa shape index (κ3) is 23.6. The molecule has 0 fully saturated rings. The van der Waals surface area contributed by atoms with Crippen molar-refractivity contribution in [2.24, 2.45) is 69.0 Å². The van der Waals surface area contributed by atoms with E-state index in [1.807, 2.05) is 166 Å². The summed E-state index contributed by atoms with van der Waals surface area (Å²) in [6, 6.07) is 0. The van der Waals surface area contributed by atoms with Crippen LogP contribution < -0.4 is 20.4 Å². The Morgan fingerprint density at radius 2 is 0.417 bits per heavy atom. The van der Waals surface area contributed by atoms with Crippen molar-refractivity contribution in [3.63, 3.8) is 0 Å². The van der Waals surface area contributed by atoms with Crippen LogP contribution in [0, 0.1) is 69.0 Å².